The van der Waals surface area contributed by atoms with E-state index in [1.54, 1.807) is 24.3 Å². The summed E-state index contributed by atoms with van der Waals surface area (Å²) < 4.78 is 0. The van der Waals surface area contributed by atoms with Crippen LogP contribution in [0.1, 0.15) is 25.8 Å². The Hall–Kier alpha value is -0.184. The Labute approximate surface area is 223 Å². The molecule has 2 aliphatic heterocycles. The number of benzene rings is 2. The van der Waals surface area contributed by atoms with Gasteiger partial charge in [-0.15, -0.1) is 11.6 Å². The van der Waals surface area contributed by atoms with Gasteiger partial charge in [-0.25, -0.2) is 0 Å². The van der Waals surface area contributed by atoms with E-state index in [1.165, 1.54) is 0 Å². The quantitative estimate of drug-likeness (QED) is 0.434. The minimum Gasteiger partial charge on any atom is -1.00 e. The number of likely N-dealkylation sites (N-methyl/N-ethyl adjacent to an activating group) is 2. The molecule has 0 aliphatic carbocycles. The van der Waals surface area contributed by atoms with Gasteiger partial charge in [-0.1, -0.05) is 36.2 Å². The fourth-order valence-corrected chi connectivity index (χ4v) is 3.37. The Kier molecular flexibility index (Phi) is 17.5. The molecule has 0 bridgehead atoms. The monoisotopic (exact) mass is 540 g/mol. The first-order valence-electron chi connectivity index (χ1n) is 9.27. The average molecular weight is 543 g/mol. The van der Waals surface area contributed by atoms with Gasteiger partial charge in [-0.3, -0.25) is 9.69 Å². The minimum absolute atomic E-state index is 0. The van der Waals surface area contributed by atoms with Crippen molar-refractivity contribution in [1.82, 2.24) is 9.80 Å². The van der Waals surface area contributed by atoms with E-state index < -0.39 is 5.60 Å². The molecule has 0 aromatic heterocycles. The van der Waals surface area contributed by atoms with Gasteiger partial charge in [0.1, 0.15) is 11.4 Å². The molecule has 31 heavy (non-hydrogen) atoms. The van der Waals surface area contributed by atoms with Crippen LogP contribution in [0, 0.1) is 6.07 Å². The van der Waals surface area contributed by atoms with Crippen LogP contribution < -0.4 is 17.0 Å². The third-order valence-corrected chi connectivity index (χ3v) is 5.22. The van der Waals surface area contributed by atoms with Crippen molar-refractivity contribution in [2.75, 3.05) is 40.3 Å². The van der Waals surface area contributed by atoms with Gasteiger partial charge < -0.3 is 27.0 Å². The van der Waals surface area contributed by atoms with Gasteiger partial charge in [0.15, 0.2) is 0 Å². The van der Waals surface area contributed by atoms with Gasteiger partial charge in [0, 0.05) is 31.1 Å². The largest absolute Gasteiger partial charge is 2.00 e. The molecule has 4 rings (SSSR count). The van der Waals surface area contributed by atoms with Crippen molar-refractivity contribution < 1.29 is 26.9 Å². The number of Topliss-reactive ketones (excluding diaryl/α,β-unsaturated/α-hetero) is 1. The van der Waals surface area contributed by atoms with Crippen molar-refractivity contribution in [2.24, 2.45) is 0 Å². The van der Waals surface area contributed by atoms with E-state index >= 15 is 0 Å². The molecule has 0 radical (unpaired) electrons. The van der Waals surface area contributed by atoms with E-state index in [0.29, 0.717) is 23.9 Å². The van der Waals surface area contributed by atoms with Gasteiger partial charge in [-0.2, -0.15) is 30.3 Å². The summed E-state index contributed by atoms with van der Waals surface area (Å²) in [7, 11) is 3.98. The molecule has 2 heterocycles. The number of likely N-dealkylation sites (tertiary alicyclic amines) is 2. The van der Waals surface area contributed by atoms with E-state index in [4.69, 9.17) is 23.2 Å². The summed E-state index contributed by atoms with van der Waals surface area (Å²) >= 11 is 11.3. The summed E-state index contributed by atoms with van der Waals surface area (Å²) in [6.45, 7) is 3.27. The zero-order valence-electron chi connectivity index (χ0n) is 17.5. The van der Waals surface area contributed by atoms with E-state index in [1.807, 2.05) is 43.3 Å². The maximum atomic E-state index is 10.4. The molecule has 168 valence electrons. The van der Waals surface area contributed by atoms with Gasteiger partial charge in [0.05, 0.1) is 6.54 Å². The van der Waals surface area contributed by atoms with Crippen molar-refractivity contribution in [3.8, 4) is 0 Å². The second-order valence-corrected chi connectivity index (χ2v) is 8.14. The first kappa shape index (κ1) is 33.0. The summed E-state index contributed by atoms with van der Waals surface area (Å²) in [5, 5.41) is 11.8. The number of carbonyl (C=O) groups is 1. The fourth-order valence-electron chi connectivity index (χ4n) is 3.12. The number of β-amino-alcohol motifs (C(OH)–C–C–N with tert-alkyl or cyclic N) is 1. The van der Waals surface area contributed by atoms with E-state index in [-0.39, 0.29) is 47.5 Å². The average Bonchev–Trinajstić information content (AvgIpc) is 3.22. The maximum absolute atomic E-state index is 10.4. The van der Waals surface area contributed by atoms with Crippen LogP contribution in [0.4, 0.5) is 0 Å². The Morgan fingerprint density at radius 1 is 0.968 bits per heavy atom. The predicted molar refractivity (Wildman–Crippen MR) is 127 cm³/mol. The third kappa shape index (κ3) is 12.0. The Morgan fingerprint density at radius 3 is 1.84 bits per heavy atom. The molecular formula is C23H31BrCl2MgN2O2. The Balaban J connectivity index is 0. The standard InChI is InChI=1S/C11H14ClNO.C6H4Cl.C5H9NO.CH4.BrH.Mg/c1-13-7-6-11(14,8-13)9-2-4-10(12)5-3-9;7-6-4-2-1-3-5-6;1-6-3-2-5(7)4-6;;;/h2-5,14H,6-8H2,1H3;2-5H;2-4H2,1H3;1H4;1H;/q;-1;;;;+2/p-1. The molecule has 2 fully saturated rings. The van der Waals surface area contributed by atoms with Crippen LogP contribution in [-0.4, -0.2) is 84.0 Å². The molecule has 2 saturated heterocycles. The predicted octanol–water partition coefficient (Wildman–Crippen LogP) is 1.15. The van der Waals surface area contributed by atoms with Crippen LogP contribution in [0.25, 0.3) is 0 Å². The number of nitrogens with zero attached hydrogens (tertiary/aromatic N) is 2. The van der Waals surface area contributed by atoms with Crippen molar-refractivity contribution >= 4 is 52.0 Å². The van der Waals surface area contributed by atoms with Crippen molar-refractivity contribution in [3.63, 3.8) is 0 Å². The number of hydrogen-bond acceptors (Lipinski definition) is 4. The molecule has 4 nitrogen and oxygen atoms in total. The summed E-state index contributed by atoms with van der Waals surface area (Å²) in [4.78, 5) is 14.6. The van der Waals surface area contributed by atoms with Gasteiger partial charge in [-0.05, 0) is 38.2 Å². The van der Waals surface area contributed by atoms with E-state index in [2.05, 4.69) is 11.0 Å². The number of aliphatic hydroxyl groups is 1. The van der Waals surface area contributed by atoms with Crippen LogP contribution in [0.5, 0.6) is 0 Å². The summed E-state index contributed by atoms with van der Waals surface area (Å²) in [6, 6.07) is 17.5. The molecule has 2 aliphatic rings. The Morgan fingerprint density at radius 2 is 1.52 bits per heavy atom. The third-order valence-electron chi connectivity index (χ3n) is 4.72. The fraction of sp³-hybridized carbons (Fsp3) is 0.435. The molecule has 2 aromatic rings. The van der Waals surface area contributed by atoms with Crippen molar-refractivity contribution in [2.45, 2.75) is 25.9 Å². The van der Waals surface area contributed by atoms with Crippen molar-refractivity contribution in [3.05, 3.63) is 70.2 Å². The normalized spacial score (nSPS) is 20.1. The Bertz CT molecular complexity index is 753. The molecule has 1 atom stereocenters. The molecule has 1 N–H and O–H groups in total. The van der Waals surface area contributed by atoms with Crippen LogP contribution in [0.2, 0.25) is 10.0 Å². The number of halogens is 3. The topological polar surface area (TPSA) is 43.8 Å². The van der Waals surface area contributed by atoms with Crippen LogP contribution in [0.3, 0.4) is 0 Å². The number of hydrogen-bond donors (Lipinski definition) is 1. The molecule has 0 spiro atoms. The molecule has 1 unspecified atom stereocenters. The SMILES string of the molecule is C.CN1CCC(=O)C1.CN1CCC(O)(c2ccc(Cl)cc2)C1.Clc1cc[c-]cc1.[Br-].[Mg+2]. The van der Waals surface area contributed by atoms with Crippen LogP contribution >= 0.6 is 23.2 Å². The summed E-state index contributed by atoms with van der Waals surface area (Å²) in [5.41, 5.74) is 0.283. The number of ketones is 1. The smallest absolute Gasteiger partial charge is 1.00 e. The zero-order chi connectivity index (χ0) is 20.6. The van der Waals surface area contributed by atoms with E-state index in [0.717, 1.165) is 36.5 Å². The second kappa shape index (κ2) is 16.4. The minimum atomic E-state index is -0.681. The first-order valence-corrected chi connectivity index (χ1v) is 10.0. The number of carbonyl (C=O) groups excluding carboxylic acids is 1. The van der Waals surface area contributed by atoms with Gasteiger partial charge >= 0.3 is 23.1 Å². The maximum Gasteiger partial charge on any atom is 2.00 e. The van der Waals surface area contributed by atoms with Crippen LogP contribution in [-0.2, 0) is 10.4 Å². The molecule has 0 amide bonds. The summed E-state index contributed by atoms with van der Waals surface area (Å²) in [5.74, 6) is 0.377. The van der Waals surface area contributed by atoms with E-state index in [9.17, 15) is 9.90 Å². The molecule has 0 saturated carbocycles. The second-order valence-electron chi connectivity index (χ2n) is 7.27. The van der Waals surface area contributed by atoms with Gasteiger partial charge in [0.2, 0.25) is 0 Å². The van der Waals surface area contributed by atoms with Crippen LogP contribution in [0.15, 0.2) is 48.5 Å². The molecule has 8 heteroatoms. The number of rotatable bonds is 1. The summed E-state index contributed by atoms with van der Waals surface area (Å²) in [6.07, 6.45) is 1.56. The van der Waals surface area contributed by atoms with Gasteiger partial charge in [0.25, 0.3) is 0 Å². The van der Waals surface area contributed by atoms with Crippen molar-refractivity contribution in [1.29, 1.82) is 0 Å². The first-order chi connectivity index (χ1) is 13.3. The molecule has 2 aromatic carbocycles. The molecular weight excluding hydrogens is 511 g/mol. The zero-order valence-corrected chi connectivity index (χ0v) is 22.0.